The number of benzene rings is 1. The fourth-order valence-corrected chi connectivity index (χ4v) is 4.47. The lowest BCUT2D eigenvalue weighted by Crippen LogP contribution is -2.61. The summed E-state index contributed by atoms with van der Waals surface area (Å²) in [5.41, 5.74) is 1.70. The highest BCUT2D eigenvalue weighted by Gasteiger charge is 2.43. The van der Waals surface area contributed by atoms with Crippen LogP contribution in [0.4, 0.5) is 21.8 Å². The first-order valence-electron chi connectivity index (χ1n) is 10.5. The van der Waals surface area contributed by atoms with Crippen molar-refractivity contribution < 1.29 is 4.39 Å². The highest BCUT2D eigenvalue weighted by molar-refractivity contribution is 5.58. The van der Waals surface area contributed by atoms with Crippen molar-refractivity contribution >= 4 is 17.5 Å². The van der Waals surface area contributed by atoms with E-state index in [1.54, 1.807) is 10.9 Å². The van der Waals surface area contributed by atoms with Crippen LogP contribution in [0.1, 0.15) is 40.5 Å². The van der Waals surface area contributed by atoms with E-state index in [4.69, 9.17) is 0 Å². The summed E-state index contributed by atoms with van der Waals surface area (Å²) in [5, 5.41) is 10.8. The molecule has 0 unspecified atom stereocenters. The molecule has 31 heavy (non-hydrogen) atoms. The number of nitrogens with one attached hydrogen (secondary N) is 2. The van der Waals surface area contributed by atoms with Crippen molar-refractivity contribution in [3.05, 3.63) is 54.7 Å². The Morgan fingerprint density at radius 2 is 1.84 bits per heavy atom. The molecule has 2 N–H and O–H groups in total. The zero-order valence-corrected chi connectivity index (χ0v) is 18.7. The largest absolute Gasteiger partial charge is 0.365 e. The summed E-state index contributed by atoms with van der Waals surface area (Å²) in [6.45, 7) is 8.88. The maximum absolute atomic E-state index is 14.5. The van der Waals surface area contributed by atoms with Crippen molar-refractivity contribution in [2.45, 2.75) is 57.7 Å². The Morgan fingerprint density at radius 1 is 1.10 bits per heavy atom. The van der Waals surface area contributed by atoms with Crippen molar-refractivity contribution in [3.63, 3.8) is 0 Å². The minimum absolute atomic E-state index is 0.00303. The number of rotatable bonds is 5. The molecule has 0 radical (unpaired) electrons. The zero-order valence-electron chi connectivity index (χ0n) is 18.7. The number of nitrogens with zero attached hydrogens (tertiary/aromatic N) is 5. The molecule has 0 amide bonds. The Morgan fingerprint density at radius 3 is 2.52 bits per heavy atom. The molecule has 1 fully saturated rings. The second-order valence-corrected chi connectivity index (χ2v) is 9.45. The molecule has 0 atom stereocenters. The monoisotopic (exact) mass is 423 g/mol. The van der Waals surface area contributed by atoms with Gasteiger partial charge in [0.25, 0.3) is 0 Å². The molecule has 1 aromatic carbocycles. The van der Waals surface area contributed by atoms with E-state index in [1.807, 2.05) is 36.5 Å². The van der Waals surface area contributed by atoms with Crippen molar-refractivity contribution in [2.75, 3.05) is 17.7 Å². The summed E-state index contributed by atoms with van der Waals surface area (Å²) in [4.78, 5) is 10.9. The fraction of sp³-hybridized carbons (Fsp3) is 0.435. The SMILES string of the molecule is CN1C(C)(C)CC(Nc2nc(Nc3cccc(-n4cccn4)c3)ncc2F)CC1(C)C. The van der Waals surface area contributed by atoms with Gasteiger partial charge in [0, 0.05) is 35.2 Å². The van der Waals surface area contributed by atoms with Crippen LogP contribution in [0.3, 0.4) is 0 Å². The molecule has 7 nitrogen and oxygen atoms in total. The predicted octanol–water partition coefficient (Wildman–Crippen LogP) is 4.61. The Hall–Kier alpha value is -3.00. The molecule has 164 valence electrons. The van der Waals surface area contributed by atoms with Crippen LogP contribution in [0, 0.1) is 5.82 Å². The van der Waals surface area contributed by atoms with Crippen LogP contribution in [0.5, 0.6) is 0 Å². The van der Waals surface area contributed by atoms with Gasteiger partial charge >= 0.3 is 0 Å². The van der Waals surface area contributed by atoms with Gasteiger partial charge < -0.3 is 10.6 Å². The van der Waals surface area contributed by atoms with Crippen LogP contribution < -0.4 is 10.6 Å². The molecule has 1 aliphatic rings. The number of anilines is 3. The Labute approximate surface area is 182 Å². The van der Waals surface area contributed by atoms with Gasteiger partial charge in [0.05, 0.1) is 11.9 Å². The first-order chi connectivity index (χ1) is 14.6. The van der Waals surface area contributed by atoms with Gasteiger partial charge in [-0.3, -0.25) is 4.90 Å². The molecule has 3 aromatic rings. The van der Waals surface area contributed by atoms with Crippen molar-refractivity contribution in [1.29, 1.82) is 0 Å². The molecule has 0 aliphatic carbocycles. The molecule has 8 heteroatoms. The minimum atomic E-state index is -0.453. The lowest BCUT2D eigenvalue weighted by Gasteiger charge is -2.53. The van der Waals surface area contributed by atoms with Gasteiger partial charge in [-0.15, -0.1) is 0 Å². The summed E-state index contributed by atoms with van der Waals surface area (Å²) in [6.07, 6.45) is 6.60. The Bertz CT molecular complexity index is 1030. The van der Waals surface area contributed by atoms with Gasteiger partial charge in [-0.25, -0.2) is 14.1 Å². The second-order valence-electron chi connectivity index (χ2n) is 9.45. The third-order valence-corrected chi connectivity index (χ3v) is 6.26. The molecular formula is C23H30FN7. The highest BCUT2D eigenvalue weighted by Crippen LogP contribution is 2.38. The molecule has 1 saturated heterocycles. The number of hydrogen-bond acceptors (Lipinski definition) is 6. The molecule has 3 heterocycles. The third-order valence-electron chi connectivity index (χ3n) is 6.26. The van der Waals surface area contributed by atoms with Crippen molar-refractivity contribution in [1.82, 2.24) is 24.6 Å². The minimum Gasteiger partial charge on any atom is -0.365 e. The van der Waals surface area contributed by atoms with E-state index in [0.29, 0.717) is 5.95 Å². The average Bonchev–Trinajstić information content (AvgIpc) is 3.23. The van der Waals surface area contributed by atoms with Crippen LogP contribution in [0.25, 0.3) is 5.69 Å². The van der Waals surface area contributed by atoms with Gasteiger partial charge in [0.1, 0.15) is 0 Å². The van der Waals surface area contributed by atoms with Crippen LogP contribution in [-0.2, 0) is 0 Å². The van der Waals surface area contributed by atoms with E-state index in [9.17, 15) is 4.39 Å². The maximum atomic E-state index is 14.5. The molecule has 0 bridgehead atoms. The highest BCUT2D eigenvalue weighted by atomic mass is 19.1. The van der Waals surface area contributed by atoms with E-state index in [-0.39, 0.29) is 22.9 Å². The van der Waals surface area contributed by atoms with Crippen molar-refractivity contribution in [2.24, 2.45) is 0 Å². The Balaban J connectivity index is 1.52. The summed E-state index contributed by atoms with van der Waals surface area (Å²) in [6, 6.07) is 9.71. The number of piperidine rings is 1. The summed E-state index contributed by atoms with van der Waals surface area (Å²) < 4.78 is 16.3. The molecule has 4 rings (SSSR count). The van der Waals surface area contributed by atoms with Gasteiger partial charge in [-0.2, -0.15) is 10.1 Å². The number of hydrogen-bond donors (Lipinski definition) is 2. The lowest BCUT2D eigenvalue weighted by molar-refractivity contribution is -0.00778. The van der Waals surface area contributed by atoms with E-state index in [2.05, 4.69) is 65.3 Å². The van der Waals surface area contributed by atoms with Gasteiger partial charge in [0.15, 0.2) is 11.6 Å². The van der Waals surface area contributed by atoms with Gasteiger partial charge in [-0.05, 0) is 71.8 Å². The van der Waals surface area contributed by atoms with Crippen molar-refractivity contribution in [3.8, 4) is 5.69 Å². The van der Waals surface area contributed by atoms with Gasteiger partial charge in [-0.1, -0.05) is 6.07 Å². The smallest absolute Gasteiger partial charge is 0.229 e. The number of likely N-dealkylation sites (tertiary alicyclic amines) is 1. The summed E-state index contributed by atoms with van der Waals surface area (Å²) >= 11 is 0. The van der Waals surface area contributed by atoms with Crippen LogP contribution in [-0.4, -0.2) is 48.8 Å². The average molecular weight is 424 g/mol. The molecule has 0 saturated carbocycles. The maximum Gasteiger partial charge on any atom is 0.229 e. The second kappa shape index (κ2) is 7.92. The van der Waals surface area contributed by atoms with E-state index in [0.717, 1.165) is 24.2 Å². The molecule has 0 spiro atoms. The first kappa shape index (κ1) is 21.2. The topological polar surface area (TPSA) is 70.9 Å². The van der Waals surface area contributed by atoms with E-state index >= 15 is 0 Å². The van der Waals surface area contributed by atoms with E-state index < -0.39 is 5.82 Å². The van der Waals surface area contributed by atoms with Gasteiger partial charge in [0.2, 0.25) is 5.95 Å². The third kappa shape index (κ3) is 4.54. The standard InChI is InChI=1S/C23H30FN7/c1-22(2)13-17(14-23(3,4)30(22)5)27-20-19(24)15-25-21(29-20)28-16-8-6-9-18(12-16)31-11-7-10-26-31/h6-12,15,17H,13-14H2,1-5H3,(H2,25,27,28,29). The zero-order chi connectivity index (χ0) is 22.2. The number of aromatic nitrogens is 4. The lowest BCUT2D eigenvalue weighted by atomic mass is 9.77. The summed E-state index contributed by atoms with van der Waals surface area (Å²) in [7, 11) is 2.15. The molecular weight excluding hydrogens is 393 g/mol. The van der Waals surface area contributed by atoms with Crippen LogP contribution in [0.15, 0.2) is 48.9 Å². The van der Waals surface area contributed by atoms with E-state index in [1.165, 1.54) is 6.20 Å². The quantitative estimate of drug-likeness (QED) is 0.625. The normalized spacial score (nSPS) is 18.6. The summed E-state index contributed by atoms with van der Waals surface area (Å²) in [5.74, 6) is 0.111. The molecule has 2 aromatic heterocycles. The van der Waals surface area contributed by atoms with Crippen LogP contribution >= 0.6 is 0 Å². The first-order valence-corrected chi connectivity index (χ1v) is 10.5. The fourth-order valence-electron chi connectivity index (χ4n) is 4.47. The predicted molar refractivity (Wildman–Crippen MR) is 121 cm³/mol. The van der Waals surface area contributed by atoms with Crippen LogP contribution in [0.2, 0.25) is 0 Å². The number of halogens is 1. The molecule has 1 aliphatic heterocycles. The Kier molecular flexibility index (Phi) is 5.43.